The lowest BCUT2D eigenvalue weighted by atomic mass is 10.2. The zero-order valence-corrected chi connectivity index (χ0v) is 20.9. The molecule has 10 heteroatoms. The van der Waals surface area contributed by atoms with Gasteiger partial charge in [0.25, 0.3) is 5.91 Å². The van der Waals surface area contributed by atoms with Gasteiger partial charge in [0.15, 0.2) is 21.6 Å². The van der Waals surface area contributed by atoms with Gasteiger partial charge in [-0.25, -0.2) is 8.42 Å². The minimum atomic E-state index is -3.12. The summed E-state index contributed by atoms with van der Waals surface area (Å²) in [6.45, 7) is 5.78. The number of rotatable bonds is 7. The van der Waals surface area contributed by atoms with E-state index < -0.39 is 15.7 Å². The number of hydrogen-bond donors (Lipinski definition) is 0. The normalized spacial score (nSPS) is 22.4. The molecule has 2 heterocycles. The van der Waals surface area contributed by atoms with Crippen LogP contribution in [0.15, 0.2) is 53.5 Å². The summed E-state index contributed by atoms with van der Waals surface area (Å²) in [5.41, 5.74) is 1.92. The number of ether oxygens (including phenoxy) is 1. The third-order valence-corrected chi connectivity index (χ3v) is 9.18. The van der Waals surface area contributed by atoms with E-state index in [0.717, 1.165) is 24.5 Å². The fourth-order valence-electron chi connectivity index (χ4n) is 4.09. The van der Waals surface area contributed by atoms with Crippen molar-refractivity contribution in [3.05, 3.63) is 53.6 Å². The Kier molecular flexibility index (Phi) is 7.21. The molecule has 2 aliphatic heterocycles. The number of fused-ring (bicyclic) bond motifs is 1. The number of hydrogen-bond acceptors (Lipinski definition) is 6. The van der Waals surface area contributed by atoms with Gasteiger partial charge in [-0.15, -0.1) is 0 Å². The van der Waals surface area contributed by atoms with E-state index in [0.29, 0.717) is 15.9 Å². The largest absolute Gasteiger partial charge is 0.484 e. The molecular weight excluding hydrogens is 482 g/mol. The average molecular weight is 508 g/mol. The van der Waals surface area contributed by atoms with E-state index in [1.54, 1.807) is 24.3 Å². The van der Waals surface area contributed by atoms with Crippen molar-refractivity contribution in [2.45, 2.75) is 25.1 Å². The molecule has 2 aromatic carbocycles. The molecule has 2 aliphatic rings. The van der Waals surface area contributed by atoms with Crippen molar-refractivity contribution in [3.8, 4) is 5.75 Å². The highest BCUT2D eigenvalue weighted by atomic mass is 35.5. The lowest BCUT2D eigenvalue weighted by Crippen LogP contribution is -2.38. The minimum absolute atomic E-state index is 0.0525. The number of carbonyl (C=O) groups excluding carboxylic acids is 1. The molecule has 2 aromatic rings. The van der Waals surface area contributed by atoms with Crippen molar-refractivity contribution < 1.29 is 17.9 Å². The quantitative estimate of drug-likeness (QED) is 0.563. The fourth-order valence-corrected chi connectivity index (χ4v) is 8.15. The van der Waals surface area contributed by atoms with Gasteiger partial charge in [-0.2, -0.15) is 4.99 Å². The highest BCUT2D eigenvalue weighted by Crippen LogP contribution is 2.41. The van der Waals surface area contributed by atoms with Gasteiger partial charge in [0.1, 0.15) is 5.75 Å². The van der Waals surface area contributed by atoms with Crippen LogP contribution in [0.25, 0.3) is 0 Å². The number of benzene rings is 2. The van der Waals surface area contributed by atoms with Gasteiger partial charge in [0, 0.05) is 34.7 Å². The Balaban J connectivity index is 1.55. The Bertz CT molecular complexity index is 1130. The Morgan fingerprint density at radius 1 is 1.12 bits per heavy atom. The van der Waals surface area contributed by atoms with E-state index in [1.807, 2.05) is 29.2 Å². The second-order valence-corrected chi connectivity index (χ2v) is 11.7. The number of nitrogens with zero attached hydrogens (tertiary/aromatic N) is 3. The maximum atomic E-state index is 12.6. The topological polar surface area (TPSA) is 79.3 Å². The van der Waals surface area contributed by atoms with Crippen LogP contribution in [0.5, 0.6) is 5.75 Å². The van der Waals surface area contributed by atoms with Crippen LogP contribution >= 0.6 is 23.4 Å². The Morgan fingerprint density at radius 3 is 2.42 bits per heavy atom. The number of thioether (sulfide) groups is 1. The zero-order chi connectivity index (χ0) is 23.6. The van der Waals surface area contributed by atoms with Crippen LogP contribution in [0, 0.1) is 0 Å². The smallest absolute Gasteiger partial charge is 0.285 e. The molecule has 2 atom stereocenters. The fraction of sp³-hybridized carbons (Fsp3) is 0.391. The third kappa shape index (κ3) is 5.47. The maximum absolute atomic E-state index is 12.6. The van der Waals surface area contributed by atoms with Gasteiger partial charge in [-0.3, -0.25) is 4.79 Å². The second-order valence-electron chi connectivity index (χ2n) is 7.89. The monoisotopic (exact) mass is 507 g/mol. The average Bonchev–Trinajstić information content (AvgIpc) is 3.25. The lowest BCUT2D eigenvalue weighted by Gasteiger charge is -2.26. The Labute approximate surface area is 203 Å². The zero-order valence-electron chi connectivity index (χ0n) is 18.5. The van der Waals surface area contributed by atoms with E-state index in [2.05, 4.69) is 23.7 Å². The van der Waals surface area contributed by atoms with Crippen molar-refractivity contribution in [1.29, 1.82) is 0 Å². The molecule has 2 saturated heterocycles. The Morgan fingerprint density at radius 2 is 1.79 bits per heavy atom. The van der Waals surface area contributed by atoms with Crippen LogP contribution in [0.4, 0.5) is 11.4 Å². The van der Waals surface area contributed by atoms with Crippen molar-refractivity contribution in [1.82, 2.24) is 0 Å². The molecule has 176 valence electrons. The second kappa shape index (κ2) is 9.95. The SMILES string of the molecule is CCN(CC)c1ccc(N2C(=NC(=O)COc3ccc(Cl)cc3)S[C@H]3CS(=O)(=O)C[C@H]32)cc1. The van der Waals surface area contributed by atoms with Gasteiger partial charge in [0.2, 0.25) is 0 Å². The van der Waals surface area contributed by atoms with E-state index in [1.165, 1.54) is 11.8 Å². The van der Waals surface area contributed by atoms with Crippen LogP contribution in [-0.4, -0.2) is 62.0 Å². The molecule has 4 rings (SSSR count). The van der Waals surface area contributed by atoms with E-state index in [4.69, 9.17) is 16.3 Å². The summed E-state index contributed by atoms with van der Waals surface area (Å²) in [4.78, 5) is 21.0. The summed E-state index contributed by atoms with van der Waals surface area (Å²) < 4.78 is 30.1. The standard InChI is InChI=1S/C23H26ClN3O4S2/c1-3-26(4-2)17-7-9-18(10-8-17)27-20-14-33(29,30)15-21(20)32-23(27)25-22(28)13-31-19-11-5-16(24)6-12-19/h5-12,20-21H,3-4,13-15H2,1-2H3/t20-,21+/m1/s1. The molecule has 2 fully saturated rings. The molecule has 0 aliphatic carbocycles. The van der Waals surface area contributed by atoms with Crippen molar-refractivity contribution >= 4 is 55.6 Å². The van der Waals surface area contributed by atoms with Gasteiger partial charge >= 0.3 is 0 Å². The molecule has 0 radical (unpaired) electrons. The Hall–Kier alpha value is -2.23. The first-order valence-electron chi connectivity index (χ1n) is 10.8. The third-order valence-electron chi connectivity index (χ3n) is 5.72. The summed E-state index contributed by atoms with van der Waals surface area (Å²) in [6, 6.07) is 14.5. The van der Waals surface area contributed by atoms with Crippen LogP contribution in [-0.2, 0) is 14.6 Å². The summed E-state index contributed by atoms with van der Waals surface area (Å²) in [6.07, 6.45) is 0. The lowest BCUT2D eigenvalue weighted by molar-refractivity contribution is -0.119. The van der Waals surface area contributed by atoms with Crippen LogP contribution < -0.4 is 14.5 Å². The van der Waals surface area contributed by atoms with Gasteiger partial charge < -0.3 is 14.5 Å². The maximum Gasteiger partial charge on any atom is 0.285 e. The molecule has 1 amide bonds. The first-order chi connectivity index (χ1) is 15.8. The highest BCUT2D eigenvalue weighted by molar-refractivity contribution is 8.16. The number of carbonyl (C=O) groups is 1. The van der Waals surface area contributed by atoms with E-state index >= 15 is 0 Å². The van der Waals surface area contributed by atoms with Crippen LogP contribution in [0.2, 0.25) is 5.02 Å². The number of amides is 1. The number of halogens is 1. The number of amidine groups is 1. The molecule has 0 saturated carbocycles. The molecular formula is C23H26ClN3O4S2. The summed E-state index contributed by atoms with van der Waals surface area (Å²) >= 11 is 7.22. The predicted octanol–water partition coefficient (Wildman–Crippen LogP) is 3.87. The molecule has 7 nitrogen and oxygen atoms in total. The first kappa shape index (κ1) is 23.9. The van der Waals surface area contributed by atoms with Crippen molar-refractivity contribution in [2.75, 3.05) is 41.0 Å². The number of aliphatic imine (C=N–C) groups is 1. The molecule has 0 aromatic heterocycles. The van der Waals surface area contributed by atoms with Gasteiger partial charge in [-0.05, 0) is 62.4 Å². The van der Waals surface area contributed by atoms with Gasteiger partial charge in [-0.1, -0.05) is 23.4 Å². The predicted molar refractivity (Wildman–Crippen MR) is 136 cm³/mol. The van der Waals surface area contributed by atoms with E-state index in [-0.39, 0.29) is 29.4 Å². The first-order valence-corrected chi connectivity index (χ1v) is 13.9. The molecule has 33 heavy (non-hydrogen) atoms. The summed E-state index contributed by atoms with van der Waals surface area (Å²) in [5.74, 6) is 0.237. The summed E-state index contributed by atoms with van der Waals surface area (Å²) in [7, 11) is -3.12. The molecule has 0 N–H and O–H groups in total. The van der Waals surface area contributed by atoms with Crippen LogP contribution in [0.1, 0.15) is 13.8 Å². The van der Waals surface area contributed by atoms with Crippen LogP contribution in [0.3, 0.4) is 0 Å². The van der Waals surface area contributed by atoms with Crippen molar-refractivity contribution in [3.63, 3.8) is 0 Å². The van der Waals surface area contributed by atoms with Gasteiger partial charge in [0.05, 0.1) is 17.5 Å². The van der Waals surface area contributed by atoms with Crippen molar-refractivity contribution in [2.24, 2.45) is 4.99 Å². The number of anilines is 2. The minimum Gasteiger partial charge on any atom is -0.484 e. The molecule has 0 unspecified atom stereocenters. The van der Waals surface area contributed by atoms with E-state index in [9.17, 15) is 13.2 Å². The molecule has 0 bridgehead atoms. The highest BCUT2D eigenvalue weighted by Gasteiger charge is 2.49. The summed E-state index contributed by atoms with van der Waals surface area (Å²) in [5, 5.41) is 0.946. The molecule has 0 spiro atoms. The number of sulfone groups is 1.